The van der Waals surface area contributed by atoms with Gasteiger partial charge in [0.1, 0.15) is 12.0 Å². The van der Waals surface area contributed by atoms with E-state index in [0.717, 1.165) is 11.5 Å². The maximum atomic E-state index is 11.5. The number of anilines is 1. The Morgan fingerprint density at radius 3 is 2.93 bits per heavy atom. The van der Waals surface area contributed by atoms with Crippen LogP contribution >= 0.6 is 11.5 Å². The van der Waals surface area contributed by atoms with Gasteiger partial charge in [-0.2, -0.15) is 9.47 Å². The standard InChI is InChI=1S/C7H5N5O2S/c13-5-2-1-4(11-12-5)6(14)10-7-8-3-9-15-7/h1-3H,(H,12,13)(H,8,9,10,14). The zero-order valence-corrected chi connectivity index (χ0v) is 8.11. The number of nitrogens with one attached hydrogen (secondary N) is 2. The van der Waals surface area contributed by atoms with Crippen molar-refractivity contribution >= 4 is 22.6 Å². The number of hydrogen-bond donors (Lipinski definition) is 2. The van der Waals surface area contributed by atoms with Gasteiger partial charge < -0.3 is 0 Å². The van der Waals surface area contributed by atoms with Gasteiger partial charge in [0.25, 0.3) is 11.5 Å². The van der Waals surface area contributed by atoms with Crippen LogP contribution in [0.1, 0.15) is 10.5 Å². The summed E-state index contributed by atoms with van der Waals surface area (Å²) in [6, 6.07) is 2.55. The highest BCUT2D eigenvalue weighted by molar-refractivity contribution is 7.09. The third-order valence-electron chi connectivity index (χ3n) is 1.49. The molecular weight excluding hydrogens is 218 g/mol. The molecule has 2 heterocycles. The van der Waals surface area contributed by atoms with Gasteiger partial charge in [-0.15, -0.1) is 0 Å². The predicted octanol–water partition coefficient (Wildman–Crippen LogP) is -0.126. The lowest BCUT2D eigenvalue weighted by Gasteiger charge is -1.98. The molecule has 0 saturated carbocycles. The van der Waals surface area contributed by atoms with Crippen LogP contribution in [0.4, 0.5) is 5.13 Å². The first-order valence-electron chi connectivity index (χ1n) is 3.89. The van der Waals surface area contributed by atoms with Crippen LogP contribution in [0.2, 0.25) is 0 Å². The van der Waals surface area contributed by atoms with E-state index in [9.17, 15) is 9.59 Å². The summed E-state index contributed by atoms with van der Waals surface area (Å²) < 4.78 is 3.72. The average molecular weight is 223 g/mol. The van der Waals surface area contributed by atoms with Gasteiger partial charge >= 0.3 is 0 Å². The zero-order chi connectivity index (χ0) is 10.7. The van der Waals surface area contributed by atoms with Crippen molar-refractivity contribution in [3.63, 3.8) is 0 Å². The van der Waals surface area contributed by atoms with Crippen LogP contribution in [0, 0.1) is 0 Å². The lowest BCUT2D eigenvalue weighted by molar-refractivity contribution is 0.102. The molecule has 8 heteroatoms. The van der Waals surface area contributed by atoms with Crippen molar-refractivity contribution in [2.24, 2.45) is 0 Å². The summed E-state index contributed by atoms with van der Waals surface area (Å²) in [5.41, 5.74) is -0.243. The van der Waals surface area contributed by atoms with E-state index in [1.807, 2.05) is 0 Å². The summed E-state index contributed by atoms with van der Waals surface area (Å²) in [6.07, 6.45) is 1.33. The molecule has 0 aliphatic heterocycles. The highest BCUT2D eigenvalue weighted by atomic mass is 32.1. The SMILES string of the molecule is O=C(Nc1ncns1)c1ccc(=O)[nH]n1. The fourth-order valence-electron chi connectivity index (χ4n) is 0.860. The Hall–Kier alpha value is -2.09. The summed E-state index contributed by atoms with van der Waals surface area (Å²) in [4.78, 5) is 25.9. The second kappa shape index (κ2) is 3.96. The van der Waals surface area contributed by atoms with Crippen molar-refractivity contribution in [3.05, 3.63) is 34.5 Å². The molecule has 2 rings (SSSR count). The van der Waals surface area contributed by atoms with Crippen molar-refractivity contribution < 1.29 is 4.79 Å². The van der Waals surface area contributed by atoms with E-state index in [-0.39, 0.29) is 11.3 Å². The van der Waals surface area contributed by atoms with Crippen LogP contribution in [0.15, 0.2) is 23.3 Å². The van der Waals surface area contributed by atoms with E-state index < -0.39 is 5.91 Å². The predicted molar refractivity (Wildman–Crippen MR) is 52.7 cm³/mol. The largest absolute Gasteiger partial charge is 0.295 e. The Balaban J connectivity index is 2.15. The van der Waals surface area contributed by atoms with E-state index in [0.29, 0.717) is 5.13 Å². The minimum atomic E-state index is -0.442. The summed E-state index contributed by atoms with van der Waals surface area (Å²) in [7, 11) is 0. The number of aromatic amines is 1. The summed E-state index contributed by atoms with van der Waals surface area (Å²) in [6.45, 7) is 0. The lowest BCUT2D eigenvalue weighted by atomic mass is 10.4. The Morgan fingerprint density at radius 1 is 1.47 bits per heavy atom. The number of amides is 1. The van der Waals surface area contributed by atoms with Gasteiger partial charge in [-0.25, -0.2) is 10.1 Å². The minimum absolute atomic E-state index is 0.116. The summed E-state index contributed by atoms with van der Waals surface area (Å²) in [5.74, 6) is -0.442. The molecule has 0 aliphatic rings. The molecule has 15 heavy (non-hydrogen) atoms. The molecule has 0 unspecified atom stereocenters. The van der Waals surface area contributed by atoms with Gasteiger partial charge in [0.15, 0.2) is 0 Å². The molecule has 0 aliphatic carbocycles. The van der Waals surface area contributed by atoms with E-state index >= 15 is 0 Å². The molecular formula is C7H5N5O2S. The Bertz CT molecular complexity index is 500. The van der Waals surface area contributed by atoms with Crippen LogP contribution in [0.5, 0.6) is 0 Å². The van der Waals surface area contributed by atoms with Crippen molar-refractivity contribution in [2.45, 2.75) is 0 Å². The van der Waals surface area contributed by atoms with Crippen molar-refractivity contribution in [3.8, 4) is 0 Å². The van der Waals surface area contributed by atoms with Gasteiger partial charge in [0.2, 0.25) is 5.13 Å². The Kier molecular flexibility index (Phi) is 2.50. The van der Waals surface area contributed by atoms with Gasteiger partial charge in [0.05, 0.1) is 0 Å². The minimum Gasteiger partial charge on any atom is -0.295 e. The number of hydrogen-bond acceptors (Lipinski definition) is 6. The van der Waals surface area contributed by atoms with Crippen molar-refractivity contribution in [1.29, 1.82) is 0 Å². The highest BCUT2D eigenvalue weighted by Crippen LogP contribution is 2.07. The smallest absolute Gasteiger partial charge is 0.277 e. The van der Waals surface area contributed by atoms with Gasteiger partial charge in [-0.05, 0) is 6.07 Å². The molecule has 0 atom stereocenters. The second-order valence-electron chi connectivity index (χ2n) is 2.51. The molecule has 2 N–H and O–H groups in total. The van der Waals surface area contributed by atoms with Crippen LogP contribution < -0.4 is 10.9 Å². The molecule has 2 aromatic rings. The first kappa shape index (κ1) is 9.46. The third-order valence-corrected chi connectivity index (χ3v) is 2.07. The highest BCUT2D eigenvalue weighted by Gasteiger charge is 2.08. The Labute approximate surface area is 87.4 Å². The monoisotopic (exact) mass is 223 g/mol. The molecule has 0 fully saturated rings. The van der Waals surface area contributed by atoms with Gasteiger partial charge in [0, 0.05) is 17.6 Å². The van der Waals surface area contributed by atoms with Crippen LogP contribution in [-0.4, -0.2) is 25.5 Å². The average Bonchev–Trinajstić information content (AvgIpc) is 2.71. The summed E-state index contributed by atoms with van der Waals surface area (Å²) in [5, 5.41) is 8.59. The van der Waals surface area contributed by atoms with Crippen LogP contribution in [-0.2, 0) is 0 Å². The quantitative estimate of drug-likeness (QED) is 0.738. The molecule has 0 spiro atoms. The number of carbonyl (C=O) groups excluding carboxylic acids is 1. The molecule has 76 valence electrons. The van der Waals surface area contributed by atoms with E-state index in [2.05, 4.69) is 24.9 Å². The molecule has 0 aromatic carbocycles. The lowest BCUT2D eigenvalue weighted by Crippen LogP contribution is -2.17. The van der Waals surface area contributed by atoms with Crippen molar-refractivity contribution in [2.75, 3.05) is 5.32 Å². The fourth-order valence-corrected chi connectivity index (χ4v) is 1.29. The number of nitrogens with zero attached hydrogens (tertiary/aromatic N) is 3. The summed E-state index contributed by atoms with van der Waals surface area (Å²) >= 11 is 1.06. The first-order chi connectivity index (χ1) is 7.25. The van der Waals surface area contributed by atoms with E-state index in [1.165, 1.54) is 18.5 Å². The van der Waals surface area contributed by atoms with E-state index in [4.69, 9.17) is 0 Å². The first-order valence-corrected chi connectivity index (χ1v) is 4.67. The number of rotatable bonds is 2. The maximum Gasteiger partial charge on any atom is 0.277 e. The number of aromatic nitrogens is 4. The third kappa shape index (κ3) is 2.23. The molecule has 0 bridgehead atoms. The van der Waals surface area contributed by atoms with Gasteiger partial charge in [-0.3, -0.25) is 14.9 Å². The molecule has 7 nitrogen and oxygen atoms in total. The molecule has 0 saturated heterocycles. The maximum absolute atomic E-state index is 11.5. The zero-order valence-electron chi connectivity index (χ0n) is 7.30. The van der Waals surface area contributed by atoms with Crippen LogP contribution in [0.25, 0.3) is 0 Å². The molecule has 2 aromatic heterocycles. The van der Waals surface area contributed by atoms with Gasteiger partial charge in [-0.1, -0.05) is 0 Å². The fraction of sp³-hybridized carbons (Fsp3) is 0. The molecule has 0 radical (unpaired) electrons. The van der Waals surface area contributed by atoms with Crippen molar-refractivity contribution in [1.82, 2.24) is 19.6 Å². The topological polar surface area (TPSA) is 101 Å². The van der Waals surface area contributed by atoms with E-state index in [1.54, 1.807) is 0 Å². The number of carbonyl (C=O) groups is 1. The normalized spacial score (nSPS) is 9.87. The Morgan fingerprint density at radius 2 is 2.33 bits per heavy atom. The second-order valence-corrected chi connectivity index (χ2v) is 3.29. The van der Waals surface area contributed by atoms with Crippen LogP contribution in [0.3, 0.4) is 0 Å². The number of H-pyrrole nitrogens is 1. The molecule has 1 amide bonds.